The topological polar surface area (TPSA) is 87.5 Å². The minimum Gasteiger partial charge on any atom is -0.497 e. The van der Waals surface area contributed by atoms with Gasteiger partial charge in [0.05, 0.1) is 25.7 Å². The van der Waals surface area contributed by atoms with E-state index in [2.05, 4.69) is 28.5 Å². The number of aryl methyl sites for hydroxylation is 2. The fourth-order valence-electron chi connectivity index (χ4n) is 3.17. The van der Waals surface area contributed by atoms with E-state index in [1.54, 1.807) is 32.4 Å². The SMILES string of the molecule is CCn1c(COc2ccc(C)cc2C)nnc1SCC(=O)Nc1ccc(OC)cc1OC. The molecule has 3 rings (SSSR count). The molecule has 0 saturated carbocycles. The summed E-state index contributed by atoms with van der Waals surface area (Å²) in [4.78, 5) is 12.5. The predicted octanol–water partition coefficient (Wildman–Crippen LogP) is 4.24. The zero-order chi connectivity index (χ0) is 23.1. The Kier molecular flexibility index (Phi) is 7.99. The number of ether oxygens (including phenoxy) is 3. The van der Waals surface area contributed by atoms with E-state index in [-0.39, 0.29) is 11.7 Å². The molecule has 1 N–H and O–H groups in total. The molecule has 0 saturated heterocycles. The molecule has 0 aliphatic heterocycles. The van der Waals surface area contributed by atoms with Gasteiger partial charge in [0.2, 0.25) is 5.91 Å². The molecule has 0 unspecified atom stereocenters. The average molecular weight is 457 g/mol. The summed E-state index contributed by atoms with van der Waals surface area (Å²) in [6, 6.07) is 11.3. The Hall–Kier alpha value is -3.20. The molecule has 1 heterocycles. The molecule has 1 amide bonds. The molecular formula is C23H28N4O4S. The van der Waals surface area contributed by atoms with E-state index >= 15 is 0 Å². The number of aromatic nitrogens is 3. The normalized spacial score (nSPS) is 10.7. The van der Waals surface area contributed by atoms with Crippen LogP contribution in [0.2, 0.25) is 0 Å². The minimum absolute atomic E-state index is 0.169. The van der Waals surface area contributed by atoms with Crippen LogP contribution in [-0.4, -0.2) is 40.6 Å². The Morgan fingerprint density at radius 2 is 1.88 bits per heavy atom. The highest BCUT2D eigenvalue weighted by atomic mass is 32.2. The van der Waals surface area contributed by atoms with E-state index in [0.29, 0.717) is 41.3 Å². The van der Waals surface area contributed by atoms with Crippen molar-refractivity contribution >= 4 is 23.4 Å². The van der Waals surface area contributed by atoms with Crippen LogP contribution in [0, 0.1) is 13.8 Å². The summed E-state index contributed by atoms with van der Waals surface area (Å²) in [5.74, 6) is 2.74. The van der Waals surface area contributed by atoms with Crippen LogP contribution >= 0.6 is 11.8 Å². The fraction of sp³-hybridized carbons (Fsp3) is 0.348. The molecule has 3 aromatic rings. The van der Waals surface area contributed by atoms with E-state index < -0.39 is 0 Å². The predicted molar refractivity (Wildman–Crippen MR) is 125 cm³/mol. The van der Waals surface area contributed by atoms with Crippen LogP contribution in [-0.2, 0) is 17.9 Å². The van der Waals surface area contributed by atoms with Gasteiger partial charge in [-0.2, -0.15) is 0 Å². The number of benzene rings is 2. The van der Waals surface area contributed by atoms with Gasteiger partial charge in [-0.3, -0.25) is 4.79 Å². The molecule has 0 radical (unpaired) electrons. The number of hydrogen-bond donors (Lipinski definition) is 1. The second-order valence-electron chi connectivity index (χ2n) is 7.10. The van der Waals surface area contributed by atoms with Gasteiger partial charge < -0.3 is 24.1 Å². The van der Waals surface area contributed by atoms with Gasteiger partial charge in [0.1, 0.15) is 23.9 Å². The lowest BCUT2D eigenvalue weighted by Crippen LogP contribution is -2.15. The molecule has 0 spiro atoms. The van der Waals surface area contributed by atoms with E-state index in [1.165, 1.54) is 17.3 Å². The number of nitrogens with one attached hydrogen (secondary N) is 1. The second kappa shape index (κ2) is 10.9. The number of amides is 1. The van der Waals surface area contributed by atoms with Gasteiger partial charge in [0.25, 0.3) is 0 Å². The lowest BCUT2D eigenvalue weighted by atomic mass is 10.1. The van der Waals surface area contributed by atoms with Crippen LogP contribution in [0.25, 0.3) is 0 Å². The Morgan fingerprint density at radius 1 is 1.06 bits per heavy atom. The number of hydrogen-bond acceptors (Lipinski definition) is 7. The smallest absolute Gasteiger partial charge is 0.234 e. The third-order valence-corrected chi connectivity index (χ3v) is 5.78. The van der Waals surface area contributed by atoms with Gasteiger partial charge in [-0.05, 0) is 44.5 Å². The lowest BCUT2D eigenvalue weighted by Gasteiger charge is -2.12. The van der Waals surface area contributed by atoms with E-state index in [4.69, 9.17) is 14.2 Å². The van der Waals surface area contributed by atoms with Crippen molar-refractivity contribution in [2.45, 2.75) is 39.1 Å². The highest BCUT2D eigenvalue weighted by Gasteiger charge is 2.15. The van der Waals surface area contributed by atoms with E-state index in [0.717, 1.165) is 11.3 Å². The van der Waals surface area contributed by atoms with Crippen LogP contribution in [0.15, 0.2) is 41.6 Å². The molecule has 0 atom stereocenters. The van der Waals surface area contributed by atoms with Gasteiger partial charge >= 0.3 is 0 Å². The van der Waals surface area contributed by atoms with Crippen molar-refractivity contribution in [1.82, 2.24) is 14.8 Å². The first kappa shape index (κ1) is 23.5. The standard InChI is InChI=1S/C23H28N4O4S/c1-6-27-21(13-31-19-10-7-15(2)11-16(19)3)25-26-23(27)32-14-22(28)24-18-9-8-17(29-4)12-20(18)30-5/h7-12H,6,13-14H2,1-5H3,(H,24,28). The molecule has 9 heteroatoms. The molecule has 8 nitrogen and oxygen atoms in total. The van der Waals surface area contributed by atoms with Crippen molar-refractivity contribution in [2.75, 3.05) is 25.3 Å². The van der Waals surface area contributed by atoms with Crippen molar-refractivity contribution < 1.29 is 19.0 Å². The van der Waals surface area contributed by atoms with Crippen molar-refractivity contribution in [2.24, 2.45) is 0 Å². The van der Waals surface area contributed by atoms with Crippen LogP contribution in [0.4, 0.5) is 5.69 Å². The fourth-order valence-corrected chi connectivity index (χ4v) is 3.99. The van der Waals surface area contributed by atoms with Gasteiger partial charge in [0.15, 0.2) is 11.0 Å². The molecular weight excluding hydrogens is 428 g/mol. The summed E-state index contributed by atoms with van der Waals surface area (Å²) < 4.78 is 18.4. The quantitative estimate of drug-likeness (QED) is 0.457. The summed E-state index contributed by atoms with van der Waals surface area (Å²) in [5.41, 5.74) is 2.85. The Balaban J connectivity index is 1.61. The Bertz CT molecular complexity index is 1080. The largest absolute Gasteiger partial charge is 0.497 e. The first-order valence-electron chi connectivity index (χ1n) is 10.2. The van der Waals surface area contributed by atoms with Gasteiger partial charge in [0, 0.05) is 12.6 Å². The van der Waals surface area contributed by atoms with E-state index in [9.17, 15) is 4.79 Å². The third-order valence-electron chi connectivity index (χ3n) is 4.81. The summed E-state index contributed by atoms with van der Waals surface area (Å²) in [6.45, 7) is 7.06. The molecule has 0 bridgehead atoms. The first-order valence-corrected chi connectivity index (χ1v) is 11.2. The van der Waals surface area contributed by atoms with Crippen molar-refractivity contribution in [3.63, 3.8) is 0 Å². The molecule has 2 aromatic carbocycles. The zero-order valence-corrected chi connectivity index (χ0v) is 19.8. The number of anilines is 1. The maximum atomic E-state index is 12.5. The lowest BCUT2D eigenvalue weighted by molar-refractivity contribution is -0.113. The Morgan fingerprint density at radius 3 is 2.56 bits per heavy atom. The molecule has 1 aromatic heterocycles. The average Bonchev–Trinajstić information content (AvgIpc) is 3.19. The molecule has 0 aliphatic carbocycles. The van der Waals surface area contributed by atoms with Gasteiger partial charge in [-0.1, -0.05) is 29.5 Å². The maximum absolute atomic E-state index is 12.5. The van der Waals surface area contributed by atoms with E-state index in [1.807, 2.05) is 30.5 Å². The molecule has 170 valence electrons. The number of thioether (sulfide) groups is 1. The summed E-state index contributed by atoms with van der Waals surface area (Å²) in [7, 11) is 3.12. The monoisotopic (exact) mass is 456 g/mol. The first-order chi connectivity index (χ1) is 15.4. The summed E-state index contributed by atoms with van der Waals surface area (Å²) >= 11 is 1.32. The number of carbonyl (C=O) groups is 1. The molecule has 32 heavy (non-hydrogen) atoms. The highest BCUT2D eigenvalue weighted by molar-refractivity contribution is 7.99. The van der Waals surface area contributed by atoms with Crippen molar-refractivity contribution in [1.29, 1.82) is 0 Å². The Labute approximate surface area is 192 Å². The summed E-state index contributed by atoms with van der Waals surface area (Å²) in [5, 5.41) is 12.0. The van der Waals surface area contributed by atoms with Gasteiger partial charge in [-0.15, -0.1) is 10.2 Å². The number of rotatable bonds is 10. The second-order valence-corrected chi connectivity index (χ2v) is 8.05. The molecule has 0 aliphatic rings. The van der Waals surface area contributed by atoms with Crippen LogP contribution in [0.1, 0.15) is 23.9 Å². The zero-order valence-electron chi connectivity index (χ0n) is 19.0. The number of carbonyl (C=O) groups excluding carboxylic acids is 1. The maximum Gasteiger partial charge on any atom is 0.234 e. The third kappa shape index (κ3) is 5.73. The van der Waals surface area contributed by atoms with Crippen LogP contribution in [0.3, 0.4) is 0 Å². The van der Waals surface area contributed by atoms with Crippen molar-refractivity contribution in [3.05, 3.63) is 53.3 Å². The van der Waals surface area contributed by atoms with Crippen molar-refractivity contribution in [3.8, 4) is 17.2 Å². The number of methoxy groups -OCH3 is 2. The minimum atomic E-state index is -0.169. The van der Waals surface area contributed by atoms with Gasteiger partial charge in [-0.25, -0.2) is 0 Å². The summed E-state index contributed by atoms with van der Waals surface area (Å²) in [6.07, 6.45) is 0. The number of nitrogens with zero attached hydrogens (tertiary/aromatic N) is 3. The van der Waals surface area contributed by atoms with Crippen LogP contribution in [0.5, 0.6) is 17.2 Å². The highest BCUT2D eigenvalue weighted by Crippen LogP contribution is 2.29. The van der Waals surface area contributed by atoms with Crippen LogP contribution < -0.4 is 19.5 Å². The molecule has 0 fully saturated rings.